The van der Waals surface area contributed by atoms with Gasteiger partial charge in [0.2, 0.25) is 11.9 Å². The van der Waals surface area contributed by atoms with Gasteiger partial charge in [-0.05, 0) is 42.3 Å². The fourth-order valence-corrected chi connectivity index (χ4v) is 3.64. The summed E-state index contributed by atoms with van der Waals surface area (Å²) in [6.07, 6.45) is 2.53. The first-order chi connectivity index (χ1) is 14.4. The Bertz CT molecular complexity index is 1150. The maximum atomic E-state index is 12.8. The van der Waals surface area contributed by atoms with Crippen LogP contribution in [0.25, 0.3) is 16.5 Å². The molecule has 30 heavy (non-hydrogen) atoms. The molecule has 3 aromatic rings. The van der Waals surface area contributed by atoms with Crippen molar-refractivity contribution in [2.45, 2.75) is 12.5 Å². The van der Waals surface area contributed by atoms with Crippen molar-refractivity contribution < 1.29 is 9.59 Å². The van der Waals surface area contributed by atoms with Crippen molar-refractivity contribution in [3.05, 3.63) is 71.4 Å². The van der Waals surface area contributed by atoms with E-state index in [0.717, 1.165) is 17.3 Å². The Morgan fingerprint density at radius 2 is 1.90 bits per heavy atom. The summed E-state index contributed by atoms with van der Waals surface area (Å²) in [5.41, 5.74) is 7.43. The first-order valence-electron chi connectivity index (χ1n) is 9.48. The Hall–Kier alpha value is -3.45. The number of carbonyl (C=O) groups is 2. The predicted molar refractivity (Wildman–Crippen MR) is 117 cm³/mol. The van der Waals surface area contributed by atoms with Crippen LogP contribution in [-0.2, 0) is 4.79 Å². The third kappa shape index (κ3) is 4.11. The number of nitrogens with one attached hydrogen (secondary N) is 1. The molecule has 1 fully saturated rings. The van der Waals surface area contributed by atoms with Crippen molar-refractivity contribution in [1.82, 2.24) is 14.9 Å². The van der Waals surface area contributed by atoms with Crippen molar-refractivity contribution >= 4 is 45.8 Å². The van der Waals surface area contributed by atoms with Gasteiger partial charge in [-0.15, -0.1) is 0 Å². The number of nitrogens with zero attached hydrogens (tertiary/aromatic N) is 3. The van der Waals surface area contributed by atoms with Crippen LogP contribution in [0.3, 0.4) is 0 Å². The van der Waals surface area contributed by atoms with Gasteiger partial charge < -0.3 is 16.0 Å². The van der Waals surface area contributed by atoms with Gasteiger partial charge in [0.05, 0.1) is 5.52 Å². The highest BCUT2D eigenvalue weighted by Crippen LogP contribution is 2.21. The number of carbonyl (C=O) groups excluding carboxylic acids is 2. The van der Waals surface area contributed by atoms with Gasteiger partial charge >= 0.3 is 0 Å². The van der Waals surface area contributed by atoms with Crippen LogP contribution in [0.1, 0.15) is 22.3 Å². The normalized spacial score (nSPS) is 15.9. The zero-order valence-corrected chi connectivity index (χ0v) is 16.9. The van der Waals surface area contributed by atoms with Crippen molar-refractivity contribution in [3.63, 3.8) is 0 Å². The van der Waals surface area contributed by atoms with Crippen LogP contribution in [0.4, 0.5) is 5.95 Å². The fourth-order valence-electron chi connectivity index (χ4n) is 3.46. The Morgan fingerprint density at radius 3 is 2.63 bits per heavy atom. The number of benzene rings is 2. The van der Waals surface area contributed by atoms with Crippen LogP contribution in [0, 0.1) is 0 Å². The largest absolute Gasteiger partial charge is 0.366 e. The number of nitrogens with two attached hydrogens (primary N) is 1. The SMILES string of the molecule is C=C(C(N)=O)c1ccc(C(=O)N2CC[C@H](Nc3ncc4cc(Cl)ccc4n3)C2)cc1. The zero-order chi connectivity index (χ0) is 21.3. The molecule has 8 heteroatoms. The summed E-state index contributed by atoms with van der Waals surface area (Å²) in [7, 11) is 0. The molecule has 1 atom stereocenters. The summed E-state index contributed by atoms with van der Waals surface area (Å²) in [4.78, 5) is 34.7. The average molecular weight is 422 g/mol. The summed E-state index contributed by atoms with van der Waals surface area (Å²) >= 11 is 6.00. The lowest BCUT2D eigenvalue weighted by Gasteiger charge is -2.17. The lowest BCUT2D eigenvalue weighted by Crippen LogP contribution is -2.31. The number of anilines is 1. The number of likely N-dealkylation sites (tertiary alicyclic amines) is 1. The molecular weight excluding hydrogens is 402 g/mol. The van der Waals surface area contributed by atoms with Crippen LogP contribution < -0.4 is 11.1 Å². The van der Waals surface area contributed by atoms with Gasteiger partial charge in [0.15, 0.2) is 0 Å². The van der Waals surface area contributed by atoms with Gasteiger partial charge in [0.25, 0.3) is 5.91 Å². The highest BCUT2D eigenvalue weighted by molar-refractivity contribution is 6.31. The Balaban J connectivity index is 1.40. The molecule has 2 amide bonds. The summed E-state index contributed by atoms with van der Waals surface area (Å²) in [6.45, 7) is 4.84. The van der Waals surface area contributed by atoms with Crippen LogP contribution in [0.2, 0.25) is 5.02 Å². The number of fused-ring (bicyclic) bond motifs is 1. The maximum Gasteiger partial charge on any atom is 0.253 e. The van der Waals surface area contributed by atoms with Crippen LogP contribution in [0.15, 0.2) is 55.2 Å². The standard InChI is InChI=1S/C22H20ClN5O2/c1-13(20(24)29)14-2-4-15(5-3-14)21(30)28-9-8-18(12-28)26-22-25-11-16-10-17(23)6-7-19(16)27-22/h2-7,10-11,18H,1,8-9,12H2,(H2,24,29)(H,25,26,27)/t18-/m0/s1. The molecule has 2 heterocycles. The van der Waals surface area contributed by atoms with E-state index in [1.165, 1.54) is 0 Å². The first kappa shape index (κ1) is 19.8. The molecule has 152 valence electrons. The van der Waals surface area contributed by atoms with E-state index in [1.54, 1.807) is 41.4 Å². The summed E-state index contributed by atoms with van der Waals surface area (Å²) < 4.78 is 0. The van der Waals surface area contributed by atoms with Crippen molar-refractivity contribution in [2.24, 2.45) is 5.73 Å². The minimum atomic E-state index is -0.582. The summed E-state index contributed by atoms with van der Waals surface area (Å²) in [6, 6.07) is 12.3. The van der Waals surface area contributed by atoms with Crippen molar-refractivity contribution in [3.8, 4) is 0 Å². The molecule has 0 aliphatic carbocycles. The second-order valence-electron chi connectivity index (χ2n) is 7.20. The third-order valence-corrected chi connectivity index (χ3v) is 5.36. The van der Waals surface area contributed by atoms with E-state index in [-0.39, 0.29) is 17.5 Å². The number of hydrogen-bond donors (Lipinski definition) is 2. The van der Waals surface area contributed by atoms with E-state index in [4.69, 9.17) is 17.3 Å². The van der Waals surface area contributed by atoms with Crippen molar-refractivity contribution in [2.75, 3.05) is 18.4 Å². The Labute approximate surface area is 178 Å². The molecule has 2 aromatic carbocycles. The lowest BCUT2D eigenvalue weighted by atomic mass is 10.0. The number of amides is 2. The molecular formula is C22H20ClN5O2. The van der Waals surface area contributed by atoms with Gasteiger partial charge in [-0.3, -0.25) is 9.59 Å². The number of hydrogen-bond acceptors (Lipinski definition) is 5. The molecule has 0 bridgehead atoms. The van der Waals surface area contributed by atoms with E-state index in [9.17, 15) is 9.59 Å². The van der Waals surface area contributed by atoms with Gasteiger partial charge in [0, 0.05) is 46.9 Å². The van der Waals surface area contributed by atoms with Crippen molar-refractivity contribution in [1.29, 1.82) is 0 Å². The molecule has 4 rings (SSSR count). The number of rotatable bonds is 5. The van der Waals surface area contributed by atoms with Gasteiger partial charge in [-0.2, -0.15) is 0 Å². The highest BCUT2D eigenvalue weighted by atomic mass is 35.5. The second kappa shape index (κ2) is 8.12. The molecule has 0 radical (unpaired) electrons. The minimum absolute atomic E-state index is 0.0626. The van der Waals surface area contributed by atoms with Crippen LogP contribution in [-0.4, -0.2) is 45.8 Å². The summed E-state index contributed by atoms with van der Waals surface area (Å²) in [5.74, 6) is -0.121. The molecule has 0 saturated carbocycles. The van der Waals surface area contributed by atoms with Gasteiger partial charge in [-0.1, -0.05) is 30.3 Å². The molecule has 0 unspecified atom stereocenters. The van der Waals surface area contributed by atoms with E-state index in [1.807, 2.05) is 12.1 Å². The molecule has 7 nitrogen and oxygen atoms in total. The quantitative estimate of drug-likeness (QED) is 0.616. The predicted octanol–water partition coefficient (Wildman–Crippen LogP) is 3.11. The molecule has 0 spiro atoms. The highest BCUT2D eigenvalue weighted by Gasteiger charge is 2.27. The molecule has 3 N–H and O–H groups in total. The molecule has 1 saturated heterocycles. The average Bonchev–Trinajstić information content (AvgIpc) is 3.21. The Morgan fingerprint density at radius 1 is 1.17 bits per heavy atom. The molecule has 1 aromatic heterocycles. The number of halogens is 1. The molecule has 1 aliphatic rings. The van der Waals surface area contributed by atoms with E-state index < -0.39 is 5.91 Å². The monoisotopic (exact) mass is 421 g/mol. The van der Waals surface area contributed by atoms with E-state index in [0.29, 0.717) is 35.2 Å². The van der Waals surface area contributed by atoms with Gasteiger partial charge in [0.1, 0.15) is 0 Å². The topological polar surface area (TPSA) is 101 Å². The summed E-state index contributed by atoms with van der Waals surface area (Å²) in [5, 5.41) is 4.82. The second-order valence-corrected chi connectivity index (χ2v) is 7.63. The third-order valence-electron chi connectivity index (χ3n) is 5.13. The van der Waals surface area contributed by atoms with Crippen LogP contribution in [0.5, 0.6) is 0 Å². The minimum Gasteiger partial charge on any atom is -0.366 e. The smallest absolute Gasteiger partial charge is 0.253 e. The number of aromatic nitrogens is 2. The Kier molecular flexibility index (Phi) is 5.37. The van der Waals surface area contributed by atoms with Crippen LogP contribution >= 0.6 is 11.6 Å². The molecule has 1 aliphatic heterocycles. The van der Waals surface area contributed by atoms with Gasteiger partial charge in [-0.25, -0.2) is 9.97 Å². The van der Waals surface area contributed by atoms with E-state index >= 15 is 0 Å². The lowest BCUT2D eigenvalue weighted by molar-refractivity contribution is -0.112. The maximum absolute atomic E-state index is 12.8. The first-order valence-corrected chi connectivity index (χ1v) is 9.86. The zero-order valence-electron chi connectivity index (χ0n) is 16.1. The van der Waals surface area contributed by atoms with E-state index in [2.05, 4.69) is 21.9 Å². The fraction of sp³-hybridized carbons (Fsp3) is 0.182. The number of primary amides is 1.